The highest BCUT2D eigenvalue weighted by Gasteiger charge is 2.38. The van der Waals surface area contributed by atoms with Crippen molar-refractivity contribution >= 4 is 40.4 Å². The van der Waals surface area contributed by atoms with Crippen molar-refractivity contribution in [2.45, 2.75) is 162 Å². The number of fused-ring (bicyclic) bond motifs is 2. The Morgan fingerprint density at radius 2 is 0.933 bits per heavy atom. The van der Waals surface area contributed by atoms with Crippen LogP contribution in [0, 0.1) is 5.92 Å². The lowest BCUT2D eigenvalue weighted by Crippen LogP contribution is -2.33. The summed E-state index contributed by atoms with van der Waals surface area (Å²) in [5.41, 5.74) is 17.0. The first-order chi connectivity index (χ1) is 28.2. The van der Waals surface area contributed by atoms with Gasteiger partial charge in [-0.3, -0.25) is 9.59 Å². The number of Topliss-reactive ketones (excluding diaryl/α,β-unsaturated/α-hetero) is 2. The van der Waals surface area contributed by atoms with Crippen LogP contribution in [0.25, 0.3) is 28.9 Å². The normalized spacial score (nSPS) is 18.2. The van der Waals surface area contributed by atoms with E-state index in [1.165, 1.54) is 81.3 Å². The molecule has 2 heteroatoms. The van der Waals surface area contributed by atoms with Crippen LogP contribution in [0.5, 0.6) is 0 Å². The molecule has 0 saturated heterocycles. The number of hydrogen-bond donors (Lipinski definition) is 0. The molecule has 0 bridgehead atoms. The number of carbonyl (C=O) groups is 2. The van der Waals surface area contributed by atoms with E-state index in [1.54, 1.807) is 6.92 Å². The summed E-state index contributed by atoms with van der Waals surface area (Å²) in [5, 5.41) is 0. The smallest absolute Gasteiger partial charge is 0.163 e. The molecule has 2 nitrogen and oxygen atoms in total. The fraction of sp³-hybridized carbons (Fsp3) is 0.448. The Labute approximate surface area is 363 Å². The Balaban J connectivity index is 0.969. The summed E-state index contributed by atoms with van der Waals surface area (Å²) in [7, 11) is 0. The Morgan fingerprint density at radius 1 is 0.533 bits per heavy atom. The van der Waals surface area contributed by atoms with Crippen molar-refractivity contribution in [2.24, 2.45) is 5.92 Å². The van der Waals surface area contributed by atoms with E-state index in [2.05, 4.69) is 149 Å². The standard InChI is InChI=1S/C58H72O2/c1-39(45-22-18-43(19-23-45)34-40(2)47-26-28-50-52(36-47)57(9,10)32-30-55(50,5)6)16-14-13-15-17-49(42(4)59)38-54(60)46-24-20-44(21-25-46)35-41(3)48-27-29-51-53(37-48)58(11,12)33-31-56(51,7)8/h18-29,34-37,49H,1,13-17,30-33,38H2,2-12H3. The van der Waals surface area contributed by atoms with E-state index in [0.717, 1.165) is 43.2 Å². The zero-order chi connectivity index (χ0) is 43.6. The third-order valence-corrected chi connectivity index (χ3v) is 14.5. The average Bonchev–Trinajstić information content (AvgIpc) is 3.21. The lowest BCUT2D eigenvalue weighted by Gasteiger charge is -2.42. The van der Waals surface area contributed by atoms with Gasteiger partial charge in [0.15, 0.2) is 5.78 Å². The summed E-state index contributed by atoms with van der Waals surface area (Å²) in [4.78, 5) is 26.0. The largest absolute Gasteiger partial charge is 0.300 e. The maximum atomic E-state index is 13.4. The summed E-state index contributed by atoms with van der Waals surface area (Å²) in [6.45, 7) is 29.4. The quantitative estimate of drug-likeness (QED) is 0.0682. The lowest BCUT2D eigenvalue weighted by molar-refractivity contribution is -0.120. The predicted molar refractivity (Wildman–Crippen MR) is 259 cm³/mol. The Hall–Kier alpha value is -4.56. The molecule has 0 spiro atoms. The molecule has 60 heavy (non-hydrogen) atoms. The Morgan fingerprint density at radius 3 is 1.37 bits per heavy atom. The molecule has 0 N–H and O–H groups in total. The van der Waals surface area contributed by atoms with Crippen molar-refractivity contribution in [3.63, 3.8) is 0 Å². The predicted octanol–water partition coefficient (Wildman–Crippen LogP) is 15.9. The molecular formula is C58H72O2. The molecule has 316 valence electrons. The minimum atomic E-state index is -0.246. The summed E-state index contributed by atoms with van der Waals surface area (Å²) in [5.74, 6) is -0.104. The zero-order valence-electron chi connectivity index (χ0n) is 38.9. The molecule has 0 radical (unpaired) electrons. The topological polar surface area (TPSA) is 34.1 Å². The van der Waals surface area contributed by atoms with E-state index in [4.69, 9.17) is 0 Å². The average molecular weight is 801 g/mol. The van der Waals surface area contributed by atoms with Crippen molar-refractivity contribution in [1.82, 2.24) is 0 Å². The van der Waals surface area contributed by atoms with E-state index in [1.807, 2.05) is 24.3 Å². The molecular weight excluding hydrogens is 729 g/mol. The van der Waals surface area contributed by atoms with E-state index in [9.17, 15) is 9.59 Å². The second kappa shape index (κ2) is 17.8. The molecule has 0 aliphatic heterocycles. The van der Waals surface area contributed by atoms with Crippen molar-refractivity contribution in [1.29, 1.82) is 0 Å². The van der Waals surface area contributed by atoms with Crippen LogP contribution in [-0.4, -0.2) is 11.6 Å². The number of ketones is 2. The SMILES string of the molecule is C=C(CCCCCC(CC(=O)c1ccc(C=C(C)c2ccc3c(c2)C(C)(C)CCC3(C)C)cc1)C(C)=O)c1ccc(C=C(C)c2ccc3c(c2)C(C)(C)CCC3(C)C)cc1. The van der Waals surface area contributed by atoms with Gasteiger partial charge < -0.3 is 0 Å². The number of benzene rings is 4. The van der Waals surface area contributed by atoms with Crippen LogP contribution in [0.2, 0.25) is 0 Å². The van der Waals surface area contributed by atoms with Gasteiger partial charge in [0.2, 0.25) is 0 Å². The molecule has 0 heterocycles. The summed E-state index contributed by atoms with van der Waals surface area (Å²) in [6.07, 6.45) is 14.2. The van der Waals surface area contributed by atoms with Crippen molar-refractivity contribution in [3.05, 3.63) is 147 Å². The van der Waals surface area contributed by atoms with Gasteiger partial charge in [0, 0.05) is 17.9 Å². The molecule has 2 aliphatic carbocycles. The van der Waals surface area contributed by atoms with Gasteiger partial charge in [0.25, 0.3) is 0 Å². The first-order valence-corrected chi connectivity index (χ1v) is 22.8. The fourth-order valence-electron chi connectivity index (χ4n) is 9.76. The van der Waals surface area contributed by atoms with Crippen molar-refractivity contribution in [3.8, 4) is 0 Å². The molecule has 0 amide bonds. The fourth-order valence-corrected chi connectivity index (χ4v) is 9.76. The number of hydrogen-bond acceptors (Lipinski definition) is 2. The number of allylic oxidation sites excluding steroid dienone is 3. The van der Waals surface area contributed by atoms with E-state index in [0.29, 0.717) is 5.56 Å². The summed E-state index contributed by atoms with van der Waals surface area (Å²) in [6, 6.07) is 30.8. The minimum absolute atomic E-state index is 0.0412. The van der Waals surface area contributed by atoms with Crippen LogP contribution in [0.4, 0.5) is 0 Å². The second-order valence-corrected chi connectivity index (χ2v) is 21.1. The molecule has 2 aliphatic rings. The van der Waals surface area contributed by atoms with Gasteiger partial charge in [-0.25, -0.2) is 0 Å². The van der Waals surface area contributed by atoms with Crippen LogP contribution in [0.3, 0.4) is 0 Å². The molecule has 1 unspecified atom stereocenters. The van der Waals surface area contributed by atoms with Crippen LogP contribution in [0.15, 0.2) is 91.5 Å². The lowest BCUT2D eigenvalue weighted by atomic mass is 9.63. The summed E-state index contributed by atoms with van der Waals surface area (Å²) >= 11 is 0. The number of carbonyl (C=O) groups excluding carboxylic acids is 2. The van der Waals surface area contributed by atoms with E-state index in [-0.39, 0.29) is 45.6 Å². The van der Waals surface area contributed by atoms with Gasteiger partial charge in [-0.2, -0.15) is 0 Å². The molecule has 0 saturated carbocycles. The van der Waals surface area contributed by atoms with Crippen molar-refractivity contribution in [2.75, 3.05) is 0 Å². The highest BCUT2D eigenvalue weighted by Crippen LogP contribution is 2.48. The first-order valence-electron chi connectivity index (χ1n) is 22.8. The maximum Gasteiger partial charge on any atom is 0.163 e. The molecule has 0 fully saturated rings. The van der Waals surface area contributed by atoms with Gasteiger partial charge in [-0.1, -0.05) is 172 Å². The van der Waals surface area contributed by atoms with Crippen LogP contribution >= 0.6 is 0 Å². The van der Waals surface area contributed by atoms with Gasteiger partial charge in [0.05, 0.1) is 0 Å². The first kappa shape index (κ1) is 45.0. The van der Waals surface area contributed by atoms with Gasteiger partial charge >= 0.3 is 0 Å². The molecule has 1 atom stereocenters. The number of rotatable bonds is 15. The van der Waals surface area contributed by atoms with Gasteiger partial charge in [-0.05, 0) is 154 Å². The van der Waals surface area contributed by atoms with Crippen LogP contribution in [-0.2, 0) is 26.5 Å². The maximum absolute atomic E-state index is 13.4. The highest BCUT2D eigenvalue weighted by molar-refractivity contribution is 5.99. The molecule has 4 aromatic rings. The third kappa shape index (κ3) is 10.3. The second-order valence-electron chi connectivity index (χ2n) is 21.1. The summed E-state index contributed by atoms with van der Waals surface area (Å²) < 4.78 is 0. The minimum Gasteiger partial charge on any atom is -0.300 e. The van der Waals surface area contributed by atoms with Gasteiger partial charge in [-0.15, -0.1) is 0 Å². The van der Waals surface area contributed by atoms with Crippen LogP contribution in [0.1, 0.15) is 201 Å². The third-order valence-electron chi connectivity index (χ3n) is 14.5. The van der Waals surface area contributed by atoms with E-state index >= 15 is 0 Å². The van der Waals surface area contributed by atoms with Gasteiger partial charge in [0.1, 0.15) is 5.78 Å². The Kier molecular flexibility index (Phi) is 13.3. The molecule has 6 rings (SSSR count). The molecule has 4 aromatic carbocycles. The number of unbranched alkanes of at least 4 members (excludes halogenated alkanes) is 2. The van der Waals surface area contributed by atoms with E-state index < -0.39 is 0 Å². The zero-order valence-corrected chi connectivity index (χ0v) is 38.9. The Bertz CT molecular complexity index is 2280. The molecule has 0 aromatic heterocycles. The van der Waals surface area contributed by atoms with Crippen molar-refractivity contribution < 1.29 is 9.59 Å². The highest BCUT2D eigenvalue weighted by atomic mass is 16.1. The monoisotopic (exact) mass is 801 g/mol. The van der Waals surface area contributed by atoms with Crippen LogP contribution < -0.4 is 0 Å².